The predicted octanol–water partition coefficient (Wildman–Crippen LogP) is -0.990. The summed E-state index contributed by atoms with van der Waals surface area (Å²) in [4.78, 5) is 2.09. The number of likely N-dealkylation sites (tertiary alicyclic amines) is 1. The summed E-state index contributed by atoms with van der Waals surface area (Å²) < 4.78 is 0. The van der Waals surface area contributed by atoms with Crippen molar-refractivity contribution in [2.24, 2.45) is 5.73 Å². The summed E-state index contributed by atoms with van der Waals surface area (Å²) in [5.74, 6) is 0. The molecule has 1 fully saturated rings. The summed E-state index contributed by atoms with van der Waals surface area (Å²) in [6.45, 7) is 1.74. The van der Waals surface area contributed by atoms with Crippen molar-refractivity contribution in [2.75, 3.05) is 20.1 Å². The van der Waals surface area contributed by atoms with Gasteiger partial charge in [0, 0.05) is 12.6 Å². The maximum atomic E-state index is 9.18. The van der Waals surface area contributed by atoms with Crippen LogP contribution in [0.2, 0.25) is 0 Å². The molecule has 54 valence electrons. The van der Waals surface area contributed by atoms with Crippen LogP contribution in [0.1, 0.15) is 6.42 Å². The molecule has 1 unspecified atom stereocenters. The van der Waals surface area contributed by atoms with Gasteiger partial charge < -0.3 is 15.7 Å². The van der Waals surface area contributed by atoms with Gasteiger partial charge in [-0.1, -0.05) is 0 Å². The number of likely N-dealkylation sites (N-methyl/N-ethyl adjacent to an activating group) is 1. The molecule has 3 heteroatoms. The van der Waals surface area contributed by atoms with Crippen molar-refractivity contribution >= 4 is 0 Å². The molecule has 0 radical (unpaired) electrons. The monoisotopic (exact) mass is 130 g/mol. The average Bonchev–Trinajstić information content (AvgIpc) is 1.80. The number of β-amino-alcohol motifs (C(OH)–C–C–N with tert-alkyl or cyclic N) is 1. The summed E-state index contributed by atoms with van der Waals surface area (Å²) in [7, 11) is 2.00. The molecule has 2 atom stereocenters. The molecule has 0 aromatic carbocycles. The number of aliphatic hydroxyl groups is 1. The van der Waals surface area contributed by atoms with Crippen molar-refractivity contribution in [3.8, 4) is 0 Å². The summed E-state index contributed by atoms with van der Waals surface area (Å²) in [6.07, 6.45) is 0.598. The fraction of sp³-hybridized carbons (Fsp3) is 1.00. The van der Waals surface area contributed by atoms with Crippen LogP contribution in [0.15, 0.2) is 0 Å². The van der Waals surface area contributed by atoms with Gasteiger partial charge in [-0.15, -0.1) is 0 Å². The number of hydrogen-bond acceptors (Lipinski definition) is 3. The molecule has 0 spiro atoms. The van der Waals surface area contributed by atoms with E-state index in [1.165, 1.54) is 0 Å². The standard InChI is InChI=1S/C6H14N2O/c1-8-3-2-5(7)6(9)4-8/h5-6,9H,2-4,7H2,1H3/t5?,6-/m0/s1. The fourth-order valence-corrected chi connectivity index (χ4v) is 1.11. The van der Waals surface area contributed by atoms with Gasteiger partial charge in [0.05, 0.1) is 6.10 Å². The topological polar surface area (TPSA) is 49.5 Å². The second kappa shape index (κ2) is 2.64. The zero-order chi connectivity index (χ0) is 6.85. The molecule has 0 aliphatic carbocycles. The molecule has 0 saturated carbocycles. The highest BCUT2D eigenvalue weighted by Crippen LogP contribution is 2.05. The lowest BCUT2D eigenvalue weighted by Gasteiger charge is -2.31. The van der Waals surface area contributed by atoms with E-state index in [0.717, 1.165) is 19.5 Å². The van der Waals surface area contributed by atoms with Crippen molar-refractivity contribution in [1.29, 1.82) is 0 Å². The van der Waals surface area contributed by atoms with E-state index in [1.54, 1.807) is 0 Å². The van der Waals surface area contributed by atoms with Gasteiger partial charge >= 0.3 is 0 Å². The van der Waals surface area contributed by atoms with E-state index in [0.29, 0.717) is 0 Å². The predicted molar refractivity (Wildman–Crippen MR) is 36.1 cm³/mol. The molecule has 0 aromatic rings. The number of hydrogen-bond donors (Lipinski definition) is 2. The van der Waals surface area contributed by atoms with Crippen molar-refractivity contribution in [3.05, 3.63) is 0 Å². The van der Waals surface area contributed by atoms with Crippen LogP contribution >= 0.6 is 0 Å². The third kappa shape index (κ3) is 1.64. The van der Waals surface area contributed by atoms with E-state index in [2.05, 4.69) is 4.90 Å². The fourth-order valence-electron chi connectivity index (χ4n) is 1.11. The van der Waals surface area contributed by atoms with E-state index >= 15 is 0 Å². The Morgan fingerprint density at radius 2 is 2.33 bits per heavy atom. The normalized spacial score (nSPS) is 39.0. The molecule has 1 saturated heterocycles. The Morgan fingerprint density at radius 1 is 1.67 bits per heavy atom. The molecule has 3 N–H and O–H groups in total. The lowest BCUT2D eigenvalue weighted by Crippen LogP contribution is -2.49. The van der Waals surface area contributed by atoms with E-state index in [1.807, 2.05) is 7.05 Å². The molecular weight excluding hydrogens is 116 g/mol. The Balaban J connectivity index is 2.35. The molecule has 0 aromatic heterocycles. The van der Waals surface area contributed by atoms with Crippen molar-refractivity contribution in [2.45, 2.75) is 18.6 Å². The molecule has 0 bridgehead atoms. The maximum absolute atomic E-state index is 9.18. The number of nitrogens with two attached hydrogens (primary N) is 1. The Hall–Kier alpha value is -0.120. The Bertz CT molecular complexity index is 97.1. The van der Waals surface area contributed by atoms with E-state index in [9.17, 15) is 5.11 Å². The van der Waals surface area contributed by atoms with Gasteiger partial charge in [-0.25, -0.2) is 0 Å². The Labute approximate surface area is 55.5 Å². The molecule has 3 nitrogen and oxygen atoms in total. The molecule has 1 heterocycles. The molecular formula is C6H14N2O. The minimum Gasteiger partial charge on any atom is -0.390 e. The highest BCUT2D eigenvalue weighted by Gasteiger charge is 2.21. The third-order valence-electron chi connectivity index (χ3n) is 1.84. The quantitative estimate of drug-likeness (QED) is 0.442. The Kier molecular flexibility index (Phi) is 2.05. The van der Waals surface area contributed by atoms with Crippen LogP contribution in [0.25, 0.3) is 0 Å². The molecule has 1 aliphatic rings. The van der Waals surface area contributed by atoms with E-state index in [4.69, 9.17) is 5.73 Å². The van der Waals surface area contributed by atoms with Crippen LogP contribution in [-0.2, 0) is 0 Å². The highest BCUT2D eigenvalue weighted by atomic mass is 16.3. The largest absolute Gasteiger partial charge is 0.390 e. The average molecular weight is 130 g/mol. The van der Waals surface area contributed by atoms with E-state index < -0.39 is 0 Å². The minimum atomic E-state index is -0.316. The summed E-state index contributed by atoms with van der Waals surface area (Å²) >= 11 is 0. The molecule has 1 rings (SSSR count). The zero-order valence-electron chi connectivity index (χ0n) is 5.75. The number of nitrogens with zero attached hydrogens (tertiary/aromatic N) is 1. The molecule has 1 aliphatic heterocycles. The van der Waals surface area contributed by atoms with Crippen LogP contribution in [0.4, 0.5) is 0 Å². The maximum Gasteiger partial charge on any atom is 0.0818 e. The first kappa shape index (κ1) is 6.99. The van der Waals surface area contributed by atoms with Gasteiger partial charge in [0.15, 0.2) is 0 Å². The zero-order valence-corrected chi connectivity index (χ0v) is 5.75. The SMILES string of the molecule is CN1CCC(N)[C@@H](O)C1. The van der Waals surface area contributed by atoms with Crippen molar-refractivity contribution in [3.63, 3.8) is 0 Å². The summed E-state index contributed by atoms with van der Waals surface area (Å²) in [6, 6.07) is 0.00111. The lowest BCUT2D eigenvalue weighted by atomic mass is 10.0. The van der Waals surface area contributed by atoms with Crippen LogP contribution in [0, 0.1) is 0 Å². The molecule has 9 heavy (non-hydrogen) atoms. The summed E-state index contributed by atoms with van der Waals surface area (Å²) in [5.41, 5.74) is 5.56. The van der Waals surface area contributed by atoms with Gasteiger partial charge in [0.1, 0.15) is 0 Å². The highest BCUT2D eigenvalue weighted by molar-refractivity contribution is 4.80. The smallest absolute Gasteiger partial charge is 0.0818 e. The lowest BCUT2D eigenvalue weighted by molar-refractivity contribution is 0.0661. The summed E-state index contributed by atoms with van der Waals surface area (Å²) in [5, 5.41) is 9.18. The van der Waals surface area contributed by atoms with Crippen LogP contribution < -0.4 is 5.73 Å². The van der Waals surface area contributed by atoms with Crippen LogP contribution in [-0.4, -0.2) is 42.3 Å². The van der Waals surface area contributed by atoms with Crippen LogP contribution in [0.5, 0.6) is 0 Å². The number of rotatable bonds is 0. The van der Waals surface area contributed by atoms with Gasteiger partial charge in [-0.05, 0) is 20.0 Å². The first-order valence-corrected chi connectivity index (χ1v) is 3.32. The number of piperidine rings is 1. The van der Waals surface area contributed by atoms with Crippen molar-refractivity contribution in [1.82, 2.24) is 4.90 Å². The van der Waals surface area contributed by atoms with Gasteiger partial charge in [0.25, 0.3) is 0 Å². The second-order valence-electron chi connectivity index (χ2n) is 2.78. The molecule has 0 amide bonds. The second-order valence-corrected chi connectivity index (χ2v) is 2.78. The first-order chi connectivity index (χ1) is 4.20. The first-order valence-electron chi connectivity index (χ1n) is 3.32. The number of aliphatic hydroxyl groups excluding tert-OH is 1. The van der Waals surface area contributed by atoms with Gasteiger partial charge in [-0.3, -0.25) is 0 Å². The third-order valence-corrected chi connectivity index (χ3v) is 1.84. The van der Waals surface area contributed by atoms with Gasteiger partial charge in [0.2, 0.25) is 0 Å². The van der Waals surface area contributed by atoms with Gasteiger partial charge in [-0.2, -0.15) is 0 Å². The van der Waals surface area contributed by atoms with E-state index in [-0.39, 0.29) is 12.1 Å². The minimum absolute atomic E-state index is 0.00111. The van der Waals surface area contributed by atoms with Crippen molar-refractivity contribution < 1.29 is 5.11 Å². The Morgan fingerprint density at radius 3 is 2.78 bits per heavy atom. The van der Waals surface area contributed by atoms with Crippen LogP contribution in [0.3, 0.4) is 0 Å².